The van der Waals surface area contributed by atoms with Crippen molar-refractivity contribution in [3.05, 3.63) is 53.6 Å². The number of halogens is 1. The van der Waals surface area contributed by atoms with Gasteiger partial charge in [0.1, 0.15) is 5.75 Å². The summed E-state index contributed by atoms with van der Waals surface area (Å²) in [5.74, 6) is 0.778. The van der Waals surface area contributed by atoms with E-state index in [0.717, 1.165) is 18.7 Å². The zero-order valence-corrected chi connectivity index (χ0v) is 22.7. The van der Waals surface area contributed by atoms with Crippen molar-refractivity contribution in [2.75, 3.05) is 31.6 Å². The molecule has 3 rings (SSSR count). The van der Waals surface area contributed by atoms with Gasteiger partial charge in [0.05, 0.1) is 0 Å². The third kappa shape index (κ3) is 8.81. The third-order valence-electron chi connectivity index (χ3n) is 5.51. The average molecular weight is 567 g/mol. The van der Waals surface area contributed by atoms with Gasteiger partial charge in [-0.15, -0.1) is 0 Å². The summed E-state index contributed by atoms with van der Waals surface area (Å²) in [5, 5.41) is 23.9. The van der Waals surface area contributed by atoms with Crippen molar-refractivity contribution in [1.29, 1.82) is 0 Å². The molecule has 8 nitrogen and oxygen atoms in total. The molecule has 2 aromatic carbocycles. The van der Waals surface area contributed by atoms with Crippen molar-refractivity contribution >= 4 is 43.5 Å². The number of anilines is 1. The van der Waals surface area contributed by atoms with Gasteiger partial charge in [0.15, 0.2) is 0 Å². The first-order valence-corrected chi connectivity index (χ1v) is 14.2. The number of rotatable bonds is 12. The Morgan fingerprint density at radius 2 is 1.91 bits per heavy atom. The Hall–Kier alpha value is -2.09. The summed E-state index contributed by atoms with van der Waals surface area (Å²) >= 11 is 4.63. The number of nitrogens with one attached hydrogen (secondary N) is 1. The van der Waals surface area contributed by atoms with Gasteiger partial charge in [0.25, 0.3) is 0 Å². The summed E-state index contributed by atoms with van der Waals surface area (Å²) in [7, 11) is 0. The van der Waals surface area contributed by atoms with E-state index in [1.165, 1.54) is 13.8 Å². The van der Waals surface area contributed by atoms with Gasteiger partial charge in [0.2, 0.25) is 0 Å². The number of para-hydroxylation sites is 2. The van der Waals surface area contributed by atoms with Crippen LogP contribution in [0.25, 0.3) is 0 Å². The van der Waals surface area contributed by atoms with Crippen LogP contribution in [0.2, 0.25) is 9.73 Å². The predicted molar refractivity (Wildman–Crippen MR) is 137 cm³/mol. The molecule has 1 fully saturated rings. The van der Waals surface area contributed by atoms with Gasteiger partial charge in [-0.25, -0.2) is 0 Å². The number of nitrogens with zero attached hydrogens (tertiary/aromatic N) is 1. The number of hydrogen-bond donors (Lipinski definition) is 3. The number of benzene rings is 2. The Labute approximate surface area is 217 Å². The molecule has 35 heavy (non-hydrogen) atoms. The first-order chi connectivity index (χ1) is 16.7. The van der Waals surface area contributed by atoms with E-state index in [0.29, 0.717) is 29.5 Å². The van der Waals surface area contributed by atoms with Crippen LogP contribution in [-0.4, -0.2) is 85.9 Å². The second-order valence-corrected chi connectivity index (χ2v) is 12.4. The van der Waals surface area contributed by atoms with Crippen LogP contribution < -0.4 is 14.8 Å². The Bertz CT molecular complexity index is 990. The van der Waals surface area contributed by atoms with Gasteiger partial charge in [-0.1, -0.05) is 11.6 Å². The van der Waals surface area contributed by atoms with E-state index in [1.54, 1.807) is 36.4 Å². The van der Waals surface area contributed by atoms with Crippen LogP contribution in [0.3, 0.4) is 0 Å². The van der Waals surface area contributed by atoms with E-state index < -0.39 is 38.6 Å². The van der Waals surface area contributed by atoms with Gasteiger partial charge < -0.3 is 4.74 Å². The summed E-state index contributed by atoms with van der Waals surface area (Å²) in [5.41, 5.74) is 0.433. The molecule has 5 atom stereocenters. The number of carbonyl (C=O) groups is 2. The molecule has 1 saturated heterocycles. The second-order valence-electron chi connectivity index (χ2n) is 8.61. The van der Waals surface area contributed by atoms with Crippen LogP contribution in [0.5, 0.6) is 11.5 Å². The minimum atomic E-state index is -1.29. The van der Waals surface area contributed by atoms with Crippen molar-refractivity contribution in [3.8, 4) is 11.5 Å². The monoisotopic (exact) mass is 566 g/mol. The molecule has 1 heterocycles. The topological polar surface area (TPSA) is 108 Å². The fourth-order valence-electron chi connectivity index (χ4n) is 3.83. The summed E-state index contributed by atoms with van der Waals surface area (Å²) in [6, 6.07) is 14.2. The Morgan fingerprint density at radius 3 is 2.60 bits per heavy atom. The first kappa shape index (κ1) is 27.5. The Balaban J connectivity index is 1.48. The van der Waals surface area contributed by atoms with Gasteiger partial charge in [-0.05, 0) is 24.3 Å². The van der Waals surface area contributed by atoms with Crippen LogP contribution in [0, 0.1) is 0 Å². The molecule has 0 aromatic heterocycles. The van der Waals surface area contributed by atoms with E-state index in [4.69, 9.17) is 21.1 Å². The SMILES string of the molecule is CC(=O)[AsH]C(C(=O)Nc1ccccc1OCC(O)CN1CCC(Oc2ccc(Cl)cc2)C1)C(C)O. The number of likely N-dealkylation sites (tertiary alicyclic amines) is 1. The molecule has 5 unspecified atom stereocenters. The number of β-amino-alcohol motifs (C(OH)–C–C–N with tert-alkyl or cyclic N) is 1. The van der Waals surface area contributed by atoms with Gasteiger partial charge in [0, 0.05) is 5.02 Å². The van der Waals surface area contributed by atoms with E-state index in [2.05, 4.69) is 10.2 Å². The van der Waals surface area contributed by atoms with Gasteiger partial charge >= 0.3 is 166 Å². The molecule has 190 valence electrons. The average Bonchev–Trinajstić information content (AvgIpc) is 3.24. The van der Waals surface area contributed by atoms with Crippen molar-refractivity contribution in [3.63, 3.8) is 0 Å². The molecule has 3 N–H and O–H groups in total. The standard InChI is InChI=1S/C25H32AsClN2O6/c1-16(30)24(26-17(2)31)25(33)28-22-5-3-4-6-23(22)34-15-19(32)13-29-12-11-21(14-29)35-20-9-7-18(27)8-10-20/h3-10,16,19,21,24,26,30,32H,11-15H2,1-2H3,(H,28,33). The van der Waals surface area contributed by atoms with Crippen LogP contribution in [0.4, 0.5) is 5.69 Å². The molecule has 1 aliphatic rings. The van der Waals surface area contributed by atoms with Crippen molar-refractivity contribution < 1.29 is 29.3 Å². The summed E-state index contributed by atoms with van der Waals surface area (Å²) in [4.78, 5) is 26.3. The molecule has 1 amide bonds. The van der Waals surface area contributed by atoms with Crippen molar-refractivity contribution in [1.82, 2.24) is 4.90 Å². The number of hydrogen-bond acceptors (Lipinski definition) is 7. The fourth-order valence-corrected chi connectivity index (χ4v) is 5.81. The molecule has 1 aliphatic heterocycles. The summed E-state index contributed by atoms with van der Waals surface area (Å²) in [6.07, 6.45) is -0.747. The van der Waals surface area contributed by atoms with Crippen molar-refractivity contribution in [2.45, 2.75) is 43.3 Å². The molecule has 0 saturated carbocycles. The van der Waals surface area contributed by atoms with E-state index >= 15 is 0 Å². The van der Waals surface area contributed by atoms with Crippen LogP contribution in [0.1, 0.15) is 20.3 Å². The van der Waals surface area contributed by atoms with E-state index in [1.807, 2.05) is 12.1 Å². The fraction of sp³-hybridized carbons (Fsp3) is 0.440. The number of aliphatic hydroxyl groups excluding tert-OH is 2. The second kappa shape index (κ2) is 13.3. The number of aliphatic hydroxyl groups is 2. The number of carbonyl (C=O) groups excluding carboxylic acids is 2. The number of ether oxygens (including phenoxy) is 2. The first-order valence-electron chi connectivity index (χ1n) is 11.5. The molecule has 10 heteroatoms. The third-order valence-corrected chi connectivity index (χ3v) is 8.83. The zero-order valence-electron chi connectivity index (χ0n) is 19.8. The van der Waals surface area contributed by atoms with E-state index in [9.17, 15) is 19.8 Å². The molecular formula is C25H32AsClN2O6. The molecular weight excluding hydrogens is 535 g/mol. The predicted octanol–water partition coefficient (Wildman–Crippen LogP) is 2.32. The van der Waals surface area contributed by atoms with Gasteiger partial charge in [-0.2, -0.15) is 0 Å². The molecule has 0 bridgehead atoms. The number of amides is 1. The molecule has 2 aromatic rings. The minimum absolute atomic E-state index is 0.0419. The maximum atomic E-state index is 12.7. The van der Waals surface area contributed by atoms with Crippen LogP contribution >= 0.6 is 11.6 Å². The normalized spacial score (nSPS) is 18.8. The van der Waals surface area contributed by atoms with Crippen molar-refractivity contribution in [2.24, 2.45) is 0 Å². The molecule has 0 radical (unpaired) electrons. The Kier molecular flexibility index (Phi) is 10.4. The van der Waals surface area contributed by atoms with Gasteiger partial charge in [-0.3, -0.25) is 0 Å². The quantitative estimate of drug-likeness (QED) is 0.339. The summed E-state index contributed by atoms with van der Waals surface area (Å²) < 4.78 is 11.0. The van der Waals surface area contributed by atoms with Crippen LogP contribution in [0.15, 0.2) is 48.5 Å². The summed E-state index contributed by atoms with van der Waals surface area (Å²) in [6.45, 7) is 4.94. The molecule has 0 spiro atoms. The zero-order chi connectivity index (χ0) is 25.4. The molecule has 0 aliphatic carbocycles. The van der Waals surface area contributed by atoms with Crippen LogP contribution in [-0.2, 0) is 9.59 Å². The van der Waals surface area contributed by atoms with E-state index in [-0.39, 0.29) is 17.3 Å². The maximum absolute atomic E-state index is 12.7. The Morgan fingerprint density at radius 1 is 1.20 bits per heavy atom.